The Labute approximate surface area is 183 Å². The van der Waals surface area contributed by atoms with Crippen molar-refractivity contribution in [1.29, 1.82) is 0 Å². The van der Waals surface area contributed by atoms with Gasteiger partial charge in [0, 0.05) is 68.3 Å². The van der Waals surface area contributed by atoms with Crippen molar-refractivity contribution >= 4 is 22.4 Å². The summed E-state index contributed by atoms with van der Waals surface area (Å²) in [5.41, 5.74) is 5.38. The number of hydrogen-bond donors (Lipinski definition) is 0. The van der Waals surface area contributed by atoms with Crippen LogP contribution in [-0.4, -0.2) is 55.7 Å². The summed E-state index contributed by atoms with van der Waals surface area (Å²) in [5, 5.41) is 0. The summed E-state index contributed by atoms with van der Waals surface area (Å²) in [6.07, 6.45) is 8.56. The van der Waals surface area contributed by atoms with Gasteiger partial charge in [0.25, 0.3) is 0 Å². The smallest absolute Gasteiger partial charge is 0.227 e. The highest BCUT2D eigenvalue weighted by Gasteiger charge is 2.41. The Hall–Kier alpha value is -2.74. The normalized spacial score (nSPS) is 26.0. The molecule has 0 spiro atoms. The maximum Gasteiger partial charge on any atom is 0.227 e. The summed E-state index contributed by atoms with van der Waals surface area (Å²) in [4.78, 5) is 19.6. The molecule has 2 aromatic heterocycles. The molecule has 5 heterocycles. The third-order valence-electron chi connectivity index (χ3n) is 7.39. The zero-order valence-corrected chi connectivity index (χ0v) is 18.1. The van der Waals surface area contributed by atoms with Gasteiger partial charge in [0.05, 0.1) is 16.5 Å². The maximum absolute atomic E-state index is 12.6. The number of hydrogen-bond acceptors (Lipinski definition) is 6. The summed E-state index contributed by atoms with van der Waals surface area (Å²) in [5.74, 6) is 3.41. The zero-order valence-electron chi connectivity index (χ0n) is 17.3. The number of imidazole rings is 1. The number of fused-ring (bicyclic) bond motifs is 3. The maximum atomic E-state index is 12.6. The summed E-state index contributed by atoms with van der Waals surface area (Å²) in [6.45, 7) is 4.17. The zero-order chi connectivity index (χ0) is 20.5. The fourth-order valence-corrected chi connectivity index (χ4v) is 6.96. The second-order valence-corrected chi connectivity index (χ2v) is 10.7. The predicted molar refractivity (Wildman–Crippen MR) is 119 cm³/mol. The SMILES string of the molecule is O=S1CCc2nc(N3C[C@H]4CN(c5ccc6c(c5)CC6)C[C@H]4C3)nc(-n3ccnc3)c21. The van der Waals surface area contributed by atoms with Crippen LogP contribution in [0.3, 0.4) is 0 Å². The number of nitrogens with zero attached hydrogens (tertiary/aromatic N) is 6. The van der Waals surface area contributed by atoms with Gasteiger partial charge >= 0.3 is 0 Å². The molecule has 1 unspecified atom stereocenters. The Kier molecular flexibility index (Phi) is 3.82. The summed E-state index contributed by atoms with van der Waals surface area (Å²) < 4.78 is 14.4. The fourth-order valence-electron chi connectivity index (χ4n) is 5.61. The van der Waals surface area contributed by atoms with Crippen LogP contribution in [-0.2, 0) is 30.1 Å². The highest BCUT2D eigenvalue weighted by Crippen LogP contribution is 2.38. The lowest BCUT2D eigenvalue weighted by Crippen LogP contribution is -2.30. The van der Waals surface area contributed by atoms with E-state index in [4.69, 9.17) is 9.97 Å². The Morgan fingerprint density at radius 1 is 0.935 bits per heavy atom. The first-order valence-corrected chi connectivity index (χ1v) is 12.4. The van der Waals surface area contributed by atoms with Crippen LogP contribution in [0.25, 0.3) is 5.82 Å². The van der Waals surface area contributed by atoms with Gasteiger partial charge in [0.1, 0.15) is 11.2 Å². The van der Waals surface area contributed by atoms with Crippen LogP contribution in [0.5, 0.6) is 0 Å². The lowest BCUT2D eigenvalue weighted by molar-refractivity contribution is 0.533. The molecule has 2 saturated heterocycles. The van der Waals surface area contributed by atoms with Crippen molar-refractivity contribution < 1.29 is 4.21 Å². The Balaban J connectivity index is 1.15. The second kappa shape index (κ2) is 6.63. The minimum absolute atomic E-state index is 0.633. The number of aromatic nitrogens is 4. The van der Waals surface area contributed by atoms with Gasteiger partial charge < -0.3 is 9.80 Å². The van der Waals surface area contributed by atoms with E-state index in [0.717, 1.165) is 55.0 Å². The largest absolute Gasteiger partial charge is 0.371 e. The van der Waals surface area contributed by atoms with Gasteiger partial charge in [0.2, 0.25) is 5.95 Å². The van der Waals surface area contributed by atoms with Gasteiger partial charge in [-0.15, -0.1) is 0 Å². The van der Waals surface area contributed by atoms with Crippen molar-refractivity contribution in [3.8, 4) is 5.82 Å². The Morgan fingerprint density at radius 2 is 1.74 bits per heavy atom. The molecule has 8 heteroatoms. The van der Waals surface area contributed by atoms with Gasteiger partial charge in [0.15, 0.2) is 5.82 Å². The van der Waals surface area contributed by atoms with Crippen LogP contribution < -0.4 is 9.80 Å². The molecule has 2 fully saturated rings. The molecular weight excluding hydrogens is 408 g/mol. The first-order chi connectivity index (χ1) is 15.2. The number of benzene rings is 1. The van der Waals surface area contributed by atoms with Crippen LogP contribution in [0.4, 0.5) is 11.6 Å². The van der Waals surface area contributed by atoms with Crippen molar-refractivity contribution in [3.05, 3.63) is 53.7 Å². The molecule has 1 aliphatic carbocycles. The van der Waals surface area contributed by atoms with E-state index in [2.05, 4.69) is 33.0 Å². The number of rotatable bonds is 3. The van der Waals surface area contributed by atoms with Gasteiger partial charge in [-0.1, -0.05) is 6.07 Å². The van der Waals surface area contributed by atoms with E-state index in [-0.39, 0.29) is 0 Å². The molecule has 158 valence electrons. The molecule has 0 N–H and O–H groups in total. The molecule has 0 saturated carbocycles. The van der Waals surface area contributed by atoms with Crippen molar-refractivity contribution in [2.45, 2.75) is 24.2 Å². The lowest BCUT2D eigenvalue weighted by Gasteiger charge is -2.26. The Bertz CT molecular complexity index is 1200. The van der Waals surface area contributed by atoms with E-state index >= 15 is 0 Å². The van der Waals surface area contributed by atoms with Gasteiger partial charge in [-0.25, -0.2) is 9.97 Å². The van der Waals surface area contributed by atoms with Crippen molar-refractivity contribution in [3.63, 3.8) is 0 Å². The van der Waals surface area contributed by atoms with Crippen LogP contribution in [0.15, 0.2) is 41.8 Å². The molecular formula is C23H24N6OS. The van der Waals surface area contributed by atoms with Crippen LogP contribution in [0.1, 0.15) is 16.8 Å². The van der Waals surface area contributed by atoms with Crippen molar-refractivity contribution in [1.82, 2.24) is 19.5 Å². The van der Waals surface area contributed by atoms with Gasteiger partial charge in [-0.2, -0.15) is 4.98 Å². The van der Waals surface area contributed by atoms with E-state index in [1.165, 1.54) is 29.7 Å². The predicted octanol–water partition coefficient (Wildman–Crippen LogP) is 2.00. The fraction of sp³-hybridized carbons (Fsp3) is 0.435. The van der Waals surface area contributed by atoms with E-state index < -0.39 is 10.8 Å². The minimum atomic E-state index is -1.03. The van der Waals surface area contributed by atoms with Crippen LogP contribution in [0, 0.1) is 11.8 Å². The topological polar surface area (TPSA) is 67.2 Å². The second-order valence-electron chi connectivity index (χ2n) is 9.18. The molecule has 0 radical (unpaired) electrons. The molecule has 3 aliphatic heterocycles. The summed E-state index contributed by atoms with van der Waals surface area (Å²) in [6, 6.07) is 7.02. The standard InChI is InChI=1S/C23H24N6OS/c30-31-8-5-20-21(31)22(27-7-6-24-14-27)26-23(25-20)29-12-17-10-28(11-18(17)13-29)19-4-3-15-1-2-16(15)9-19/h3-4,6-7,9,14,17-18H,1-2,5,8,10-13H2/t17-,18+,31?. The third-order valence-corrected chi connectivity index (χ3v) is 8.84. The average molecular weight is 433 g/mol. The van der Waals surface area contributed by atoms with Crippen molar-refractivity contribution in [2.75, 3.05) is 41.7 Å². The quantitative estimate of drug-likeness (QED) is 0.631. The molecule has 0 amide bonds. The van der Waals surface area contributed by atoms with Gasteiger partial charge in [-0.3, -0.25) is 8.78 Å². The molecule has 7 rings (SSSR count). The molecule has 3 aromatic rings. The van der Waals surface area contributed by atoms with E-state index in [1.807, 2.05) is 10.8 Å². The monoisotopic (exact) mass is 432 g/mol. The van der Waals surface area contributed by atoms with Gasteiger partial charge in [-0.05, 0) is 36.1 Å². The third kappa shape index (κ3) is 2.77. The number of anilines is 2. The van der Waals surface area contributed by atoms with Crippen LogP contribution >= 0.6 is 0 Å². The minimum Gasteiger partial charge on any atom is -0.371 e. The molecule has 0 bridgehead atoms. The molecule has 3 atom stereocenters. The van der Waals surface area contributed by atoms with E-state index in [0.29, 0.717) is 17.6 Å². The van der Waals surface area contributed by atoms with E-state index in [1.54, 1.807) is 12.5 Å². The molecule has 7 nitrogen and oxygen atoms in total. The van der Waals surface area contributed by atoms with Crippen LogP contribution in [0.2, 0.25) is 0 Å². The summed E-state index contributed by atoms with van der Waals surface area (Å²) in [7, 11) is -1.03. The summed E-state index contributed by atoms with van der Waals surface area (Å²) >= 11 is 0. The first-order valence-electron chi connectivity index (χ1n) is 11.1. The Morgan fingerprint density at radius 3 is 2.45 bits per heavy atom. The molecule has 31 heavy (non-hydrogen) atoms. The van der Waals surface area contributed by atoms with E-state index in [9.17, 15) is 4.21 Å². The number of aryl methyl sites for hydroxylation is 3. The highest BCUT2D eigenvalue weighted by molar-refractivity contribution is 7.85. The molecule has 4 aliphatic rings. The first kappa shape index (κ1) is 17.9. The lowest BCUT2D eigenvalue weighted by atomic mass is 9.88. The molecule has 1 aromatic carbocycles. The highest BCUT2D eigenvalue weighted by atomic mass is 32.2. The van der Waals surface area contributed by atoms with Crippen molar-refractivity contribution in [2.24, 2.45) is 11.8 Å². The average Bonchev–Trinajstić information content (AvgIpc) is 3.52.